The highest BCUT2D eigenvalue weighted by Gasteiger charge is 2.16. The lowest BCUT2D eigenvalue weighted by Gasteiger charge is -2.07. The van der Waals surface area contributed by atoms with Crippen LogP contribution in [0.1, 0.15) is 19.4 Å². The number of hydrazone groups is 1. The summed E-state index contributed by atoms with van der Waals surface area (Å²) in [5.41, 5.74) is 5.58. The Morgan fingerprint density at radius 3 is 2.29 bits per heavy atom. The summed E-state index contributed by atoms with van der Waals surface area (Å²) in [5, 5.41) is 18.9. The Hall–Kier alpha value is -3.15. The number of hydrogen-bond acceptors (Lipinski definition) is 5. The minimum Gasteiger partial charge on any atom is -0.410 e. The fourth-order valence-electron chi connectivity index (χ4n) is 2.01. The summed E-state index contributed by atoms with van der Waals surface area (Å²) in [6.45, 7) is 3.67. The van der Waals surface area contributed by atoms with Crippen LogP contribution in [0, 0.1) is 0 Å². The van der Waals surface area contributed by atoms with Crippen molar-refractivity contribution < 1.29 is 10.0 Å². The number of benzene rings is 2. The average Bonchev–Trinajstić information content (AvgIpc) is 2.62. The van der Waals surface area contributed by atoms with Crippen molar-refractivity contribution >= 4 is 28.7 Å². The number of aryl methyl sites for hydroxylation is 1. The number of anilines is 2. The quantitative estimate of drug-likeness (QED) is 0.432. The van der Waals surface area contributed by atoms with Crippen LogP contribution >= 0.6 is 0 Å². The molecule has 0 saturated carbocycles. The first-order chi connectivity index (χ1) is 11.6. The van der Waals surface area contributed by atoms with Gasteiger partial charge in [0.05, 0.1) is 11.4 Å². The van der Waals surface area contributed by atoms with Gasteiger partial charge >= 0.3 is 0 Å². The zero-order valence-electron chi connectivity index (χ0n) is 13.7. The van der Waals surface area contributed by atoms with E-state index in [0.29, 0.717) is 5.69 Å². The van der Waals surface area contributed by atoms with Gasteiger partial charge in [0.15, 0.2) is 5.71 Å². The maximum absolute atomic E-state index is 12.2. The van der Waals surface area contributed by atoms with Crippen molar-refractivity contribution in [2.24, 2.45) is 10.3 Å². The first-order valence-corrected chi connectivity index (χ1v) is 7.62. The largest absolute Gasteiger partial charge is 0.410 e. The monoisotopic (exact) mass is 324 g/mol. The number of rotatable bonds is 6. The van der Waals surface area contributed by atoms with Gasteiger partial charge in [-0.3, -0.25) is 10.2 Å². The number of amides is 1. The Morgan fingerprint density at radius 2 is 1.71 bits per heavy atom. The molecule has 124 valence electrons. The van der Waals surface area contributed by atoms with Crippen molar-refractivity contribution in [3.05, 3.63) is 60.2 Å². The zero-order chi connectivity index (χ0) is 17.4. The fourth-order valence-corrected chi connectivity index (χ4v) is 2.01. The molecule has 0 atom stereocenters. The molecule has 0 aliphatic carbocycles. The number of nitrogens with one attached hydrogen (secondary N) is 2. The molecular formula is C18H20N4O2. The smallest absolute Gasteiger partial charge is 0.279 e. The zero-order valence-corrected chi connectivity index (χ0v) is 13.7. The summed E-state index contributed by atoms with van der Waals surface area (Å²) in [5.74, 6) is -0.534. The number of carbonyl (C=O) groups excluding carboxylic acids is 1. The van der Waals surface area contributed by atoms with Crippen molar-refractivity contribution in [2.45, 2.75) is 20.3 Å². The van der Waals surface area contributed by atoms with Crippen molar-refractivity contribution in [3.63, 3.8) is 0 Å². The van der Waals surface area contributed by atoms with Crippen LogP contribution in [0.2, 0.25) is 0 Å². The van der Waals surface area contributed by atoms with Gasteiger partial charge < -0.3 is 10.5 Å². The average molecular weight is 324 g/mol. The molecule has 2 aromatic carbocycles. The topological polar surface area (TPSA) is 86.1 Å². The van der Waals surface area contributed by atoms with E-state index in [1.54, 1.807) is 31.2 Å². The first kappa shape index (κ1) is 17.2. The van der Waals surface area contributed by atoms with Gasteiger partial charge in [0, 0.05) is 5.69 Å². The molecule has 6 nitrogen and oxygen atoms in total. The van der Waals surface area contributed by atoms with Crippen LogP contribution in [0.15, 0.2) is 64.9 Å². The minimum atomic E-state index is -0.534. The van der Waals surface area contributed by atoms with E-state index >= 15 is 0 Å². The molecule has 0 saturated heterocycles. The van der Waals surface area contributed by atoms with E-state index < -0.39 is 5.91 Å². The molecule has 24 heavy (non-hydrogen) atoms. The molecule has 0 bridgehead atoms. The van der Waals surface area contributed by atoms with Crippen LogP contribution in [0.5, 0.6) is 0 Å². The van der Waals surface area contributed by atoms with Crippen molar-refractivity contribution in [1.82, 2.24) is 0 Å². The van der Waals surface area contributed by atoms with Crippen molar-refractivity contribution in [3.8, 4) is 0 Å². The second kappa shape index (κ2) is 8.47. The molecule has 0 heterocycles. The van der Waals surface area contributed by atoms with E-state index in [1.165, 1.54) is 5.56 Å². The summed E-state index contributed by atoms with van der Waals surface area (Å²) < 4.78 is 0. The van der Waals surface area contributed by atoms with Gasteiger partial charge in [-0.25, -0.2) is 0 Å². The predicted molar refractivity (Wildman–Crippen MR) is 96.8 cm³/mol. The van der Waals surface area contributed by atoms with E-state index in [-0.39, 0.29) is 11.4 Å². The van der Waals surface area contributed by atoms with Gasteiger partial charge in [-0.15, -0.1) is 0 Å². The van der Waals surface area contributed by atoms with Crippen LogP contribution < -0.4 is 10.7 Å². The fraction of sp³-hybridized carbons (Fsp3) is 0.167. The van der Waals surface area contributed by atoms with Gasteiger partial charge in [0.25, 0.3) is 5.91 Å². The Balaban J connectivity index is 2.04. The maximum Gasteiger partial charge on any atom is 0.279 e. The third-order valence-electron chi connectivity index (χ3n) is 3.40. The molecule has 0 radical (unpaired) electrons. The second-order valence-electron chi connectivity index (χ2n) is 5.13. The predicted octanol–water partition coefficient (Wildman–Crippen LogP) is 3.51. The van der Waals surface area contributed by atoms with Gasteiger partial charge in [-0.1, -0.05) is 42.4 Å². The summed E-state index contributed by atoms with van der Waals surface area (Å²) in [6.07, 6.45) is 0.962. The van der Waals surface area contributed by atoms with Crippen LogP contribution in [0.25, 0.3) is 0 Å². The SMILES string of the molecule is CCc1ccc(N/N=C(C)/C(=N/O)C(=O)Nc2ccccc2)cc1. The molecule has 2 rings (SSSR count). The van der Waals surface area contributed by atoms with Gasteiger partial charge in [0.2, 0.25) is 0 Å². The molecular weight excluding hydrogens is 304 g/mol. The number of nitrogens with zero attached hydrogens (tertiary/aromatic N) is 2. The van der Waals surface area contributed by atoms with E-state index in [1.807, 2.05) is 30.3 Å². The van der Waals surface area contributed by atoms with E-state index in [0.717, 1.165) is 12.1 Å². The molecule has 3 N–H and O–H groups in total. The van der Waals surface area contributed by atoms with Crippen LogP contribution in [0.3, 0.4) is 0 Å². The van der Waals surface area contributed by atoms with E-state index in [4.69, 9.17) is 5.21 Å². The normalized spacial score (nSPS) is 11.9. The summed E-state index contributed by atoms with van der Waals surface area (Å²) in [6, 6.07) is 16.7. The molecule has 6 heteroatoms. The molecule has 0 aliphatic heterocycles. The van der Waals surface area contributed by atoms with E-state index in [9.17, 15) is 4.79 Å². The highest BCUT2D eigenvalue weighted by Crippen LogP contribution is 2.10. The Kier molecular flexibility index (Phi) is 6.08. The third-order valence-corrected chi connectivity index (χ3v) is 3.40. The summed E-state index contributed by atoms with van der Waals surface area (Å²) in [4.78, 5) is 12.2. The highest BCUT2D eigenvalue weighted by atomic mass is 16.4. The lowest BCUT2D eigenvalue weighted by Crippen LogP contribution is -2.29. The standard InChI is InChI=1S/C18H20N4O2/c1-3-14-9-11-16(12-10-14)21-20-13(2)17(22-24)18(23)19-15-7-5-4-6-8-15/h4-12,21,24H,3H2,1-2H3,(H,19,23)/b20-13+,22-17-. The van der Waals surface area contributed by atoms with Crippen molar-refractivity contribution in [2.75, 3.05) is 10.7 Å². The van der Waals surface area contributed by atoms with Crippen LogP contribution in [-0.2, 0) is 11.2 Å². The number of para-hydroxylation sites is 1. The number of hydrogen-bond donors (Lipinski definition) is 3. The Morgan fingerprint density at radius 1 is 1.04 bits per heavy atom. The van der Waals surface area contributed by atoms with Crippen molar-refractivity contribution in [1.29, 1.82) is 0 Å². The van der Waals surface area contributed by atoms with Gasteiger partial charge in [-0.2, -0.15) is 5.10 Å². The minimum absolute atomic E-state index is 0.156. The molecule has 0 aromatic heterocycles. The molecule has 1 amide bonds. The Labute approximate surface area is 140 Å². The number of carbonyl (C=O) groups is 1. The van der Waals surface area contributed by atoms with Gasteiger partial charge in [0.1, 0.15) is 0 Å². The maximum atomic E-state index is 12.2. The summed E-state index contributed by atoms with van der Waals surface area (Å²) >= 11 is 0. The second-order valence-corrected chi connectivity index (χ2v) is 5.13. The highest BCUT2D eigenvalue weighted by molar-refractivity contribution is 6.68. The lowest BCUT2D eigenvalue weighted by molar-refractivity contribution is -0.110. The lowest BCUT2D eigenvalue weighted by atomic mass is 10.2. The van der Waals surface area contributed by atoms with Gasteiger partial charge in [-0.05, 0) is 43.2 Å². The molecule has 2 aromatic rings. The molecule has 0 aliphatic rings. The third kappa shape index (κ3) is 4.67. The Bertz CT molecular complexity index is 737. The first-order valence-electron chi connectivity index (χ1n) is 7.62. The van der Waals surface area contributed by atoms with E-state index in [2.05, 4.69) is 27.9 Å². The number of oxime groups is 1. The summed E-state index contributed by atoms with van der Waals surface area (Å²) in [7, 11) is 0. The molecule has 0 spiro atoms. The van der Waals surface area contributed by atoms with Crippen LogP contribution in [-0.4, -0.2) is 22.5 Å². The molecule has 0 fully saturated rings. The molecule has 0 unspecified atom stereocenters. The van der Waals surface area contributed by atoms with Crippen LogP contribution in [0.4, 0.5) is 11.4 Å².